The Morgan fingerprint density at radius 1 is 0.955 bits per heavy atom. The van der Waals surface area contributed by atoms with E-state index < -0.39 is 5.41 Å². The number of anilines is 2. The maximum Gasteiger partial charge on any atom is 0.338 e. The third-order valence-corrected chi connectivity index (χ3v) is 8.01. The van der Waals surface area contributed by atoms with Crippen molar-refractivity contribution in [2.75, 3.05) is 25.0 Å². The molecule has 6 rings (SSSR count). The Morgan fingerprint density at radius 2 is 1.73 bits per heavy atom. The lowest BCUT2D eigenvalue weighted by atomic mass is 9.97. The van der Waals surface area contributed by atoms with Gasteiger partial charge in [0.2, 0.25) is 0 Å². The number of piperidine rings is 1. The Morgan fingerprint density at radius 3 is 2.50 bits per heavy atom. The number of carbonyl (C=O) groups excluding carboxylic acids is 2. The zero-order chi connectivity index (χ0) is 30.7. The first-order chi connectivity index (χ1) is 21.2. The van der Waals surface area contributed by atoms with Crippen LogP contribution in [0.1, 0.15) is 44.0 Å². The van der Waals surface area contributed by atoms with Crippen molar-refractivity contribution >= 4 is 45.4 Å². The second-order valence-corrected chi connectivity index (χ2v) is 12.3. The molecule has 1 aliphatic rings. The molecule has 10 nitrogen and oxygen atoms in total. The summed E-state index contributed by atoms with van der Waals surface area (Å²) in [5, 5.41) is 6.43. The summed E-state index contributed by atoms with van der Waals surface area (Å²) in [6.07, 6.45) is 7.58. The minimum absolute atomic E-state index is 0.183. The van der Waals surface area contributed by atoms with Gasteiger partial charge in [0.1, 0.15) is 18.5 Å². The van der Waals surface area contributed by atoms with Crippen LogP contribution in [0.3, 0.4) is 0 Å². The Bertz CT molecular complexity index is 1760. The van der Waals surface area contributed by atoms with Gasteiger partial charge in [-0.05, 0) is 82.0 Å². The molecule has 0 spiro atoms. The lowest BCUT2D eigenvalue weighted by molar-refractivity contribution is -0.206. The van der Waals surface area contributed by atoms with Gasteiger partial charge in [0, 0.05) is 48.6 Å². The van der Waals surface area contributed by atoms with Crippen LogP contribution in [0.2, 0.25) is 0 Å². The summed E-state index contributed by atoms with van der Waals surface area (Å²) in [5.41, 5.74) is 3.78. The molecule has 0 amide bonds. The summed E-state index contributed by atoms with van der Waals surface area (Å²) >= 11 is 0. The minimum Gasteiger partial charge on any atom is -0.460 e. The zero-order valence-electron chi connectivity index (χ0n) is 25.4. The van der Waals surface area contributed by atoms with Crippen LogP contribution in [0.5, 0.6) is 0 Å². The first-order valence-corrected chi connectivity index (χ1v) is 15.1. The molecule has 0 bridgehead atoms. The van der Waals surface area contributed by atoms with E-state index >= 15 is 0 Å². The summed E-state index contributed by atoms with van der Waals surface area (Å²) in [6.45, 7) is 8.76. The van der Waals surface area contributed by atoms with Crippen molar-refractivity contribution in [3.05, 3.63) is 84.9 Å². The minimum atomic E-state index is -0.502. The molecule has 1 fully saturated rings. The van der Waals surface area contributed by atoms with E-state index in [0.717, 1.165) is 54.6 Å². The number of nitrogens with zero attached hydrogens (tertiary/aromatic N) is 5. The molecular weight excluding hydrogens is 556 g/mol. The van der Waals surface area contributed by atoms with Crippen molar-refractivity contribution in [1.29, 1.82) is 0 Å². The van der Waals surface area contributed by atoms with Crippen LogP contribution in [0.25, 0.3) is 21.9 Å². The zero-order valence-corrected chi connectivity index (χ0v) is 25.4. The average molecular weight is 595 g/mol. The number of benzene rings is 2. The summed E-state index contributed by atoms with van der Waals surface area (Å²) < 4.78 is 9.81. The highest BCUT2D eigenvalue weighted by Crippen LogP contribution is 2.29. The molecule has 228 valence electrons. The van der Waals surface area contributed by atoms with Crippen molar-refractivity contribution in [2.45, 2.75) is 46.7 Å². The smallest absolute Gasteiger partial charge is 0.338 e. The monoisotopic (exact) mass is 594 g/mol. The van der Waals surface area contributed by atoms with Crippen LogP contribution < -0.4 is 5.32 Å². The SMILES string of the molecule is CC(C)(C)C(=O)ON1CCC(Cn2ccc3cc(Nc4ncnc5ccn(CCOC(=O)c6ccccc6)c45)ccc32)CC1. The molecule has 0 unspecified atom stereocenters. The van der Waals surface area contributed by atoms with Gasteiger partial charge in [-0.1, -0.05) is 18.2 Å². The third-order valence-electron chi connectivity index (χ3n) is 8.01. The number of fused-ring (bicyclic) bond motifs is 2. The number of carbonyl (C=O) groups is 2. The van der Waals surface area contributed by atoms with Crippen molar-refractivity contribution < 1.29 is 19.2 Å². The summed E-state index contributed by atoms with van der Waals surface area (Å²) in [5.74, 6) is 0.676. The molecule has 10 heteroatoms. The maximum atomic E-state index is 12.4. The van der Waals surface area contributed by atoms with Gasteiger partial charge in [0.05, 0.1) is 23.0 Å². The third kappa shape index (κ3) is 6.60. The molecule has 5 aromatic rings. The fourth-order valence-electron chi connectivity index (χ4n) is 5.49. The number of hydrogen-bond donors (Lipinski definition) is 1. The largest absolute Gasteiger partial charge is 0.460 e. The van der Waals surface area contributed by atoms with Gasteiger partial charge in [0.15, 0.2) is 5.82 Å². The van der Waals surface area contributed by atoms with Crippen molar-refractivity contribution in [3.8, 4) is 0 Å². The highest BCUT2D eigenvalue weighted by atomic mass is 16.7. The lowest BCUT2D eigenvalue weighted by Crippen LogP contribution is -2.39. The standard InChI is InChI=1S/C34H38N6O4/c1-34(2,3)33(42)44-40-17-11-24(12-18-40)22-39-15-13-26-21-27(9-10-29(26)39)37-31-30-28(35-23-36-31)14-16-38(30)19-20-43-32(41)25-7-5-4-6-8-25/h4-10,13-16,21,23-24H,11-12,17-20,22H2,1-3H3,(H,35,36,37). The molecule has 0 aliphatic carbocycles. The van der Waals surface area contributed by atoms with Crippen molar-refractivity contribution in [1.82, 2.24) is 24.2 Å². The second kappa shape index (κ2) is 12.5. The lowest BCUT2D eigenvalue weighted by Gasteiger charge is -2.32. The molecule has 3 aromatic heterocycles. The molecular formula is C34H38N6O4. The normalized spacial score (nSPS) is 14.6. The van der Waals surface area contributed by atoms with E-state index in [1.807, 2.05) is 60.9 Å². The van der Waals surface area contributed by atoms with E-state index in [4.69, 9.17) is 9.57 Å². The number of rotatable bonds is 9. The average Bonchev–Trinajstić information content (AvgIpc) is 3.62. The Labute approximate surface area is 256 Å². The topological polar surface area (TPSA) is 104 Å². The van der Waals surface area contributed by atoms with Gasteiger partial charge < -0.3 is 24.0 Å². The highest BCUT2D eigenvalue weighted by Gasteiger charge is 2.28. The van der Waals surface area contributed by atoms with Crippen LogP contribution >= 0.6 is 0 Å². The predicted molar refractivity (Wildman–Crippen MR) is 169 cm³/mol. The van der Waals surface area contributed by atoms with Gasteiger partial charge in [-0.25, -0.2) is 19.6 Å². The molecule has 1 N–H and O–H groups in total. The molecule has 44 heavy (non-hydrogen) atoms. The second-order valence-electron chi connectivity index (χ2n) is 12.3. The van der Waals surface area contributed by atoms with Gasteiger partial charge in [-0.3, -0.25) is 0 Å². The fourth-order valence-corrected chi connectivity index (χ4v) is 5.49. The van der Waals surface area contributed by atoms with Crippen LogP contribution in [-0.2, 0) is 27.5 Å². The Hall–Kier alpha value is -4.70. The quantitative estimate of drug-likeness (QED) is 0.201. The van der Waals surface area contributed by atoms with E-state index in [-0.39, 0.29) is 18.5 Å². The first kappa shape index (κ1) is 29.4. The van der Waals surface area contributed by atoms with E-state index in [1.165, 1.54) is 5.52 Å². The van der Waals surface area contributed by atoms with Gasteiger partial charge >= 0.3 is 11.9 Å². The van der Waals surface area contributed by atoms with Gasteiger partial charge in [-0.15, -0.1) is 5.06 Å². The molecule has 1 aliphatic heterocycles. The highest BCUT2D eigenvalue weighted by molar-refractivity contribution is 5.91. The maximum absolute atomic E-state index is 12.4. The van der Waals surface area contributed by atoms with E-state index in [1.54, 1.807) is 18.5 Å². The van der Waals surface area contributed by atoms with Crippen LogP contribution in [0.15, 0.2) is 79.4 Å². The molecule has 0 saturated carbocycles. The number of aromatic nitrogens is 4. The number of nitrogens with one attached hydrogen (secondary N) is 1. The Kier molecular flexibility index (Phi) is 8.34. The Balaban J connectivity index is 1.09. The van der Waals surface area contributed by atoms with Crippen LogP contribution in [0.4, 0.5) is 11.5 Å². The molecule has 0 atom stereocenters. The first-order valence-electron chi connectivity index (χ1n) is 15.1. The molecule has 0 radical (unpaired) electrons. The van der Waals surface area contributed by atoms with E-state index in [9.17, 15) is 9.59 Å². The molecule has 4 heterocycles. The molecule has 2 aromatic carbocycles. The van der Waals surface area contributed by atoms with Crippen LogP contribution in [0, 0.1) is 11.3 Å². The summed E-state index contributed by atoms with van der Waals surface area (Å²) in [6, 6.07) is 19.4. The fraction of sp³-hybridized carbons (Fsp3) is 0.353. The number of hydrogen-bond acceptors (Lipinski definition) is 8. The number of hydroxylamine groups is 2. The summed E-state index contributed by atoms with van der Waals surface area (Å²) in [4.78, 5) is 39.1. The van der Waals surface area contributed by atoms with Crippen LogP contribution in [-0.4, -0.2) is 55.8 Å². The molecule has 1 saturated heterocycles. The van der Waals surface area contributed by atoms with E-state index in [0.29, 0.717) is 23.8 Å². The van der Waals surface area contributed by atoms with Crippen molar-refractivity contribution in [2.24, 2.45) is 11.3 Å². The number of esters is 1. The van der Waals surface area contributed by atoms with E-state index in [2.05, 4.69) is 50.3 Å². The predicted octanol–water partition coefficient (Wildman–Crippen LogP) is 6.20. The van der Waals surface area contributed by atoms with Gasteiger partial charge in [-0.2, -0.15) is 0 Å². The summed E-state index contributed by atoms with van der Waals surface area (Å²) in [7, 11) is 0. The number of ether oxygens (including phenoxy) is 1. The van der Waals surface area contributed by atoms with Gasteiger partial charge in [0.25, 0.3) is 0 Å². The van der Waals surface area contributed by atoms with Crippen molar-refractivity contribution in [3.63, 3.8) is 0 Å².